The summed E-state index contributed by atoms with van der Waals surface area (Å²) in [4.78, 5) is 27.7. The van der Waals surface area contributed by atoms with Crippen LogP contribution in [-0.2, 0) is 4.74 Å². The number of piperazine rings is 1. The van der Waals surface area contributed by atoms with Crippen molar-refractivity contribution in [3.05, 3.63) is 21.4 Å². The van der Waals surface area contributed by atoms with Gasteiger partial charge < -0.3 is 24.2 Å². The molecule has 2 atom stereocenters. The van der Waals surface area contributed by atoms with E-state index in [1.807, 2.05) is 32.6 Å². The minimum Gasteiger partial charge on any atom is -0.462 e. The molecule has 1 aromatic heterocycles. The number of hydrogen-bond donors (Lipinski definition) is 0. The summed E-state index contributed by atoms with van der Waals surface area (Å²) in [5.41, 5.74) is -0.429. The molecule has 2 aliphatic rings. The summed E-state index contributed by atoms with van der Waals surface area (Å²) in [6.45, 7) is 10.4. The van der Waals surface area contributed by atoms with Gasteiger partial charge in [0.15, 0.2) is 5.82 Å². The van der Waals surface area contributed by atoms with Crippen LogP contribution in [-0.4, -0.2) is 83.4 Å². The van der Waals surface area contributed by atoms with Crippen molar-refractivity contribution in [1.29, 1.82) is 0 Å². The molecule has 1 aromatic carbocycles. The minimum atomic E-state index is -0.571. The topological polar surface area (TPSA) is 71.0 Å². The van der Waals surface area contributed by atoms with Gasteiger partial charge in [-0.15, -0.1) is 0 Å². The predicted octanol–water partition coefficient (Wildman–Crippen LogP) is 5.10. The van der Waals surface area contributed by atoms with Crippen LogP contribution in [0.2, 0.25) is 5.02 Å². The SMILES string of the molecule is C[C@@H]1CN(c2nc(OC[C@@H]3CCCN3C)nc3c(F)c(Br)c(Cl)cc23)CCN1C(=O)OC(C)(C)C. The normalized spacial score (nSPS) is 21.6. The van der Waals surface area contributed by atoms with Gasteiger partial charge in [-0.3, -0.25) is 0 Å². The Kier molecular flexibility index (Phi) is 7.64. The molecule has 2 aliphatic heterocycles. The molecule has 0 aliphatic carbocycles. The summed E-state index contributed by atoms with van der Waals surface area (Å²) in [6, 6.07) is 1.93. The van der Waals surface area contributed by atoms with Crippen LogP contribution < -0.4 is 9.64 Å². The maximum absolute atomic E-state index is 15.2. The van der Waals surface area contributed by atoms with Crippen molar-refractivity contribution in [2.45, 2.75) is 58.2 Å². The van der Waals surface area contributed by atoms with Gasteiger partial charge in [0, 0.05) is 37.1 Å². The average molecular weight is 573 g/mol. The first kappa shape index (κ1) is 26.2. The number of ether oxygens (including phenoxy) is 2. The highest BCUT2D eigenvalue weighted by atomic mass is 79.9. The molecular formula is C24H32BrClFN5O3. The van der Waals surface area contributed by atoms with Crippen LogP contribution in [0.15, 0.2) is 10.5 Å². The summed E-state index contributed by atoms with van der Waals surface area (Å²) in [6.07, 6.45) is 1.81. The van der Waals surface area contributed by atoms with Crippen LogP contribution >= 0.6 is 27.5 Å². The van der Waals surface area contributed by atoms with E-state index < -0.39 is 11.4 Å². The second-order valence-electron chi connectivity index (χ2n) is 10.3. The molecule has 3 heterocycles. The van der Waals surface area contributed by atoms with E-state index in [1.165, 1.54) is 0 Å². The molecule has 11 heteroatoms. The number of carbonyl (C=O) groups excluding carboxylic acids is 1. The van der Waals surface area contributed by atoms with Gasteiger partial charge in [0.1, 0.15) is 23.5 Å². The van der Waals surface area contributed by atoms with E-state index in [4.69, 9.17) is 21.1 Å². The molecule has 2 fully saturated rings. The van der Waals surface area contributed by atoms with Crippen molar-refractivity contribution in [2.24, 2.45) is 0 Å². The molecular weight excluding hydrogens is 541 g/mol. The molecule has 0 saturated carbocycles. The molecule has 192 valence electrons. The predicted molar refractivity (Wildman–Crippen MR) is 138 cm³/mol. The number of likely N-dealkylation sites (N-methyl/N-ethyl adjacent to an activating group) is 1. The van der Waals surface area contributed by atoms with Crippen LogP contribution in [0, 0.1) is 5.82 Å². The van der Waals surface area contributed by atoms with Crippen LogP contribution in [0.5, 0.6) is 6.01 Å². The second kappa shape index (κ2) is 10.2. The van der Waals surface area contributed by atoms with Crippen LogP contribution in [0.4, 0.5) is 15.0 Å². The van der Waals surface area contributed by atoms with Crippen molar-refractivity contribution in [2.75, 3.05) is 44.7 Å². The molecule has 35 heavy (non-hydrogen) atoms. The monoisotopic (exact) mass is 571 g/mol. The Hall–Kier alpha value is -1.91. The van der Waals surface area contributed by atoms with Crippen molar-refractivity contribution in [3.63, 3.8) is 0 Å². The first-order chi connectivity index (χ1) is 16.4. The van der Waals surface area contributed by atoms with Gasteiger partial charge in [-0.2, -0.15) is 9.97 Å². The lowest BCUT2D eigenvalue weighted by molar-refractivity contribution is 0.0158. The molecule has 0 radical (unpaired) electrons. The molecule has 0 bridgehead atoms. The molecule has 2 aromatic rings. The maximum Gasteiger partial charge on any atom is 0.410 e. The van der Waals surface area contributed by atoms with E-state index in [-0.39, 0.29) is 39.2 Å². The lowest BCUT2D eigenvalue weighted by Gasteiger charge is -2.41. The zero-order chi connectivity index (χ0) is 25.5. The third-order valence-corrected chi connectivity index (χ3v) is 7.72. The highest BCUT2D eigenvalue weighted by Gasteiger charge is 2.33. The molecule has 1 amide bonds. The highest BCUT2D eigenvalue weighted by Crippen LogP contribution is 2.37. The third-order valence-electron chi connectivity index (χ3n) is 6.42. The van der Waals surface area contributed by atoms with E-state index in [9.17, 15) is 4.79 Å². The van der Waals surface area contributed by atoms with Gasteiger partial charge in [0.2, 0.25) is 0 Å². The van der Waals surface area contributed by atoms with Gasteiger partial charge >= 0.3 is 12.1 Å². The first-order valence-corrected chi connectivity index (χ1v) is 13.0. The standard InChI is InChI=1S/C24H32BrClFN5O3/c1-14-12-31(9-10-32(14)23(33)35-24(2,3)4)21-16-11-17(26)18(25)19(27)20(16)28-22(29-21)34-13-15-7-6-8-30(15)5/h11,14-15H,6-10,12-13H2,1-5H3/t14-,15+/m1/s1. The first-order valence-electron chi connectivity index (χ1n) is 11.9. The molecule has 0 N–H and O–H groups in total. The van der Waals surface area contributed by atoms with Crippen LogP contribution in [0.1, 0.15) is 40.5 Å². The average Bonchev–Trinajstić information content (AvgIpc) is 3.19. The Bertz CT molecular complexity index is 1110. The van der Waals surface area contributed by atoms with Gasteiger partial charge in [0.05, 0.1) is 9.50 Å². The summed E-state index contributed by atoms with van der Waals surface area (Å²) < 4.78 is 26.9. The molecule has 4 rings (SSSR count). The Balaban J connectivity index is 1.63. The lowest BCUT2D eigenvalue weighted by atomic mass is 10.1. The molecule has 0 unspecified atom stereocenters. The van der Waals surface area contributed by atoms with Crippen molar-refractivity contribution in [3.8, 4) is 6.01 Å². The molecule has 0 spiro atoms. The third kappa shape index (κ3) is 5.75. The van der Waals surface area contributed by atoms with Crippen molar-refractivity contribution < 1.29 is 18.7 Å². The quantitative estimate of drug-likeness (QED) is 0.472. The number of nitrogens with zero attached hydrogens (tertiary/aromatic N) is 5. The zero-order valence-corrected chi connectivity index (χ0v) is 23.1. The number of rotatable bonds is 4. The van der Waals surface area contributed by atoms with E-state index in [1.54, 1.807) is 11.0 Å². The number of benzene rings is 1. The van der Waals surface area contributed by atoms with E-state index in [0.717, 1.165) is 19.4 Å². The fourth-order valence-corrected chi connectivity index (χ4v) is 5.04. The summed E-state index contributed by atoms with van der Waals surface area (Å²) >= 11 is 9.51. The Morgan fingerprint density at radius 1 is 1.29 bits per heavy atom. The Morgan fingerprint density at radius 2 is 2.03 bits per heavy atom. The number of anilines is 1. The Labute approximate surface area is 218 Å². The van der Waals surface area contributed by atoms with Gasteiger partial charge in [-0.05, 0) is 76.1 Å². The van der Waals surface area contributed by atoms with E-state index in [0.29, 0.717) is 37.4 Å². The fraction of sp³-hybridized carbons (Fsp3) is 0.625. The van der Waals surface area contributed by atoms with E-state index >= 15 is 4.39 Å². The highest BCUT2D eigenvalue weighted by molar-refractivity contribution is 9.10. The summed E-state index contributed by atoms with van der Waals surface area (Å²) in [5, 5.41) is 0.737. The number of aromatic nitrogens is 2. The number of carbonyl (C=O) groups is 1. The molecule has 2 saturated heterocycles. The number of halogens is 3. The Morgan fingerprint density at radius 3 is 2.66 bits per heavy atom. The smallest absolute Gasteiger partial charge is 0.410 e. The van der Waals surface area contributed by atoms with Gasteiger partial charge in [-0.25, -0.2) is 9.18 Å². The molecule has 8 nitrogen and oxygen atoms in total. The second-order valence-corrected chi connectivity index (χ2v) is 11.5. The van der Waals surface area contributed by atoms with Gasteiger partial charge in [-0.1, -0.05) is 11.6 Å². The van der Waals surface area contributed by atoms with Crippen molar-refractivity contribution in [1.82, 2.24) is 19.8 Å². The largest absolute Gasteiger partial charge is 0.462 e. The van der Waals surface area contributed by atoms with Crippen LogP contribution in [0.25, 0.3) is 10.9 Å². The lowest BCUT2D eigenvalue weighted by Crippen LogP contribution is -2.55. The van der Waals surface area contributed by atoms with E-state index in [2.05, 4.69) is 37.8 Å². The van der Waals surface area contributed by atoms with Crippen molar-refractivity contribution >= 4 is 50.3 Å². The maximum atomic E-state index is 15.2. The zero-order valence-electron chi connectivity index (χ0n) is 20.8. The number of hydrogen-bond acceptors (Lipinski definition) is 7. The number of amides is 1. The summed E-state index contributed by atoms with van der Waals surface area (Å²) in [5.74, 6) is -0.0202. The summed E-state index contributed by atoms with van der Waals surface area (Å²) in [7, 11) is 2.07. The fourth-order valence-electron chi connectivity index (χ4n) is 4.54. The van der Waals surface area contributed by atoms with Crippen LogP contribution in [0.3, 0.4) is 0 Å². The number of likely N-dealkylation sites (tertiary alicyclic amines) is 1. The number of fused-ring (bicyclic) bond motifs is 1. The van der Waals surface area contributed by atoms with Gasteiger partial charge in [0.25, 0.3) is 0 Å². The minimum absolute atomic E-state index is 0.128.